The quantitative estimate of drug-likeness (QED) is 0.750. The number of aromatic nitrogens is 1. The molecule has 14 heavy (non-hydrogen) atoms. The van der Waals surface area contributed by atoms with Crippen molar-refractivity contribution in [2.75, 3.05) is 0 Å². The van der Waals surface area contributed by atoms with Crippen LogP contribution in [0.25, 0.3) is 0 Å². The van der Waals surface area contributed by atoms with Crippen molar-refractivity contribution in [3.8, 4) is 0 Å². The van der Waals surface area contributed by atoms with Crippen molar-refractivity contribution < 1.29 is 0 Å². The number of nitrogens with zero attached hydrogens (tertiary/aromatic N) is 1. The van der Waals surface area contributed by atoms with E-state index in [0.717, 1.165) is 6.54 Å². The second kappa shape index (κ2) is 6.96. The van der Waals surface area contributed by atoms with E-state index in [1.54, 1.807) is 11.3 Å². The van der Waals surface area contributed by atoms with Gasteiger partial charge in [0, 0.05) is 18.0 Å². The Morgan fingerprint density at radius 3 is 2.57 bits per heavy atom. The monoisotopic (exact) mass is 212 g/mol. The number of hydrogen-bond donors (Lipinski definition) is 1. The summed E-state index contributed by atoms with van der Waals surface area (Å²) < 4.78 is 0. The Hall–Kier alpha value is -0.410. The van der Waals surface area contributed by atoms with Crippen molar-refractivity contribution in [2.45, 2.75) is 52.1 Å². The second-order valence-electron chi connectivity index (χ2n) is 3.63. The third-order valence-electron chi connectivity index (χ3n) is 2.33. The highest BCUT2D eigenvalue weighted by atomic mass is 32.1. The summed E-state index contributed by atoms with van der Waals surface area (Å²) in [6.45, 7) is 5.41. The largest absolute Gasteiger partial charge is 0.308 e. The van der Waals surface area contributed by atoms with E-state index < -0.39 is 0 Å². The van der Waals surface area contributed by atoms with Gasteiger partial charge in [-0.25, -0.2) is 4.98 Å². The van der Waals surface area contributed by atoms with Crippen LogP contribution < -0.4 is 5.32 Å². The van der Waals surface area contributed by atoms with Crippen LogP contribution in [0.1, 0.15) is 45.2 Å². The van der Waals surface area contributed by atoms with Gasteiger partial charge in [0.15, 0.2) is 0 Å². The summed E-state index contributed by atoms with van der Waals surface area (Å²) in [7, 11) is 0. The third-order valence-corrected chi connectivity index (χ3v) is 2.96. The summed E-state index contributed by atoms with van der Waals surface area (Å²) in [5.74, 6) is 0. The SMILES string of the molecule is CCCC(CCC)NCc1cscn1. The fourth-order valence-corrected chi connectivity index (χ4v) is 2.18. The van der Waals surface area contributed by atoms with E-state index in [2.05, 4.69) is 29.5 Å². The molecule has 80 valence electrons. The highest BCUT2D eigenvalue weighted by Gasteiger charge is 2.05. The molecule has 0 aliphatic rings. The molecule has 0 bridgehead atoms. The number of thiazole rings is 1. The van der Waals surface area contributed by atoms with Crippen molar-refractivity contribution in [2.24, 2.45) is 0 Å². The van der Waals surface area contributed by atoms with Gasteiger partial charge in [-0.1, -0.05) is 26.7 Å². The first-order valence-corrected chi connectivity index (χ1v) is 6.41. The molecule has 0 fully saturated rings. The van der Waals surface area contributed by atoms with Gasteiger partial charge in [0.2, 0.25) is 0 Å². The summed E-state index contributed by atoms with van der Waals surface area (Å²) in [4.78, 5) is 4.26. The van der Waals surface area contributed by atoms with Gasteiger partial charge in [-0.05, 0) is 12.8 Å². The lowest BCUT2D eigenvalue weighted by Gasteiger charge is -2.16. The normalized spacial score (nSPS) is 11.1. The van der Waals surface area contributed by atoms with Crippen LogP contribution in [0.2, 0.25) is 0 Å². The first-order valence-electron chi connectivity index (χ1n) is 5.47. The smallest absolute Gasteiger partial charge is 0.0795 e. The Morgan fingerprint density at radius 1 is 1.36 bits per heavy atom. The van der Waals surface area contributed by atoms with E-state index in [0.29, 0.717) is 6.04 Å². The van der Waals surface area contributed by atoms with Gasteiger partial charge in [0.25, 0.3) is 0 Å². The maximum atomic E-state index is 4.26. The van der Waals surface area contributed by atoms with E-state index in [4.69, 9.17) is 0 Å². The minimum absolute atomic E-state index is 0.673. The highest BCUT2D eigenvalue weighted by molar-refractivity contribution is 7.07. The fourth-order valence-electron chi connectivity index (χ4n) is 1.62. The summed E-state index contributed by atoms with van der Waals surface area (Å²) in [6.07, 6.45) is 5.07. The summed E-state index contributed by atoms with van der Waals surface area (Å²) >= 11 is 1.67. The van der Waals surface area contributed by atoms with Crippen LogP contribution in [0.4, 0.5) is 0 Å². The number of rotatable bonds is 7. The molecule has 0 unspecified atom stereocenters. The Bertz CT molecular complexity index is 215. The van der Waals surface area contributed by atoms with Crippen LogP contribution in [0.5, 0.6) is 0 Å². The van der Waals surface area contributed by atoms with Gasteiger partial charge in [0.1, 0.15) is 0 Å². The predicted octanol–water partition coefficient (Wildman–Crippen LogP) is 3.20. The van der Waals surface area contributed by atoms with Crippen molar-refractivity contribution in [1.29, 1.82) is 0 Å². The molecular formula is C11H20N2S. The lowest BCUT2D eigenvalue weighted by Crippen LogP contribution is -2.28. The Labute approximate surface area is 90.8 Å². The fraction of sp³-hybridized carbons (Fsp3) is 0.727. The maximum absolute atomic E-state index is 4.26. The van der Waals surface area contributed by atoms with E-state index >= 15 is 0 Å². The molecule has 0 atom stereocenters. The molecule has 0 spiro atoms. The topological polar surface area (TPSA) is 24.9 Å². The second-order valence-corrected chi connectivity index (χ2v) is 4.35. The Morgan fingerprint density at radius 2 is 2.07 bits per heavy atom. The number of hydrogen-bond acceptors (Lipinski definition) is 3. The first-order chi connectivity index (χ1) is 6.86. The van der Waals surface area contributed by atoms with Gasteiger partial charge in [0.05, 0.1) is 11.2 Å². The van der Waals surface area contributed by atoms with Crippen molar-refractivity contribution in [1.82, 2.24) is 10.3 Å². The first kappa shape index (κ1) is 11.7. The standard InChI is InChI=1S/C11H20N2S/c1-3-5-10(6-4-2)12-7-11-8-14-9-13-11/h8-10,12H,3-7H2,1-2H3. The molecule has 0 aromatic carbocycles. The molecule has 2 nitrogen and oxygen atoms in total. The maximum Gasteiger partial charge on any atom is 0.0795 e. The molecule has 1 rings (SSSR count). The Kier molecular flexibility index (Phi) is 5.80. The molecule has 0 amide bonds. The molecule has 0 radical (unpaired) electrons. The number of nitrogens with one attached hydrogen (secondary N) is 1. The zero-order valence-electron chi connectivity index (χ0n) is 9.12. The zero-order valence-corrected chi connectivity index (χ0v) is 9.94. The van der Waals surface area contributed by atoms with E-state index in [1.165, 1.54) is 31.4 Å². The van der Waals surface area contributed by atoms with Crippen LogP contribution in [0, 0.1) is 0 Å². The van der Waals surface area contributed by atoms with Crippen LogP contribution >= 0.6 is 11.3 Å². The molecule has 1 aromatic rings. The summed E-state index contributed by atoms with van der Waals surface area (Å²) in [5, 5.41) is 5.68. The average molecular weight is 212 g/mol. The molecular weight excluding hydrogens is 192 g/mol. The average Bonchev–Trinajstić information content (AvgIpc) is 2.67. The molecule has 1 N–H and O–H groups in total. The van der Waals surface area contributed by atoms with Gasteiger partial charge in [-0.15, -0.1) is 11.3 Å². The molecule has 0 aliphatic carbocycles. The lowest BCUT2D eigenvalue weighted by atomic mass is 10.1. The van der Waals surface area contributed by atoms with E-state index in [-0.39, 0.29) is 0 Å². The van der Waals surface area contributed by atoms with Crippen molar-refractivity contribution >= 4 is 11.3 Å². The summed E-state index contributed by atoms with van der Waals surface area (Å²) in [6, 6.07) is 0.673. The predicted molar refractivity (Wildman–Crippen MR) is 62.6 cm³/mol. The summed E-state index contributed by atoms with van der Waals surface area (Å²) in [5.41, 5.74) is 3.07. The van der Waals surface area contributed by atoms with Crippen LogP contribution in [-0.4, -0.2) is 11.0 Å². The highest BCUT2D eigenvalue weighted by Crippen LogP contribution is 2.06. The molecule has 3 heteroatoms. The van der Waals surface area contributed by atoms with Crippen molar-refractivity contribution in [3.05, 3.63) is 16.6 Å². The minimum Gasteiger partial charge on any atom is -0.308 e. The third kappa shape index (κ3) is 4.20. The van der Waals surface area contributed by atoms with Gasteiger partial charge in [-0.3, -0.25) is 0 Å². The Balaban J connectivity index is 2.25. The molecule has 1 aromatic heterocycles. The van der Waals surface area contributed by atoms with E-state index in [9.17, 15) is 0 Å². The molecule has 0 saturated heterocycles. The van der Waals surface area contributed by atoms with Gasteiger partial charge >= 0.3 is 0 Å². The van der Waals surface area contributed by atoms with Gasteiger partial charge in [-0.2, -0.15) is 0 Å². The van der Waals surface area contributed by atoms with Crippen LogP contribution in [-0.2, 0) is 6.54 Å². The van der Waals surface area contributed by atoms with Gasteiger partial charge < -0.3 is 5.32 Å². The van der Waals surface area contributed by atoms with E-state index in [1.807, 2.05) is 5.51 Å². The van der Waals surface area contributed by atoms with Crippen LogP contribution in [0.3, 0.4) is 0 Å². The molecule has 1 heterocycles. The molecule has 0 saturated carbocycles. The zero-order chi connectivity index (χ0) is 10.2. The molecule has 0 aliphatic heterocycles. The lowest BCUT2D eigenvalue weighted by molar-refractivity contribution is 0.441. The minimum atomic E-state index is 0.673. The van der Waals surface area contributed by atoms with Crippen LogP contribution in [0.15, 0.2) is 10.9 Å². The van der Waals surface area contributed by atoms with Crippen molar-refractivity contribution in [3.63, 3.8) is 0 Å².